The van der Waals surface area contributed by atoms with Crippen LogP contribution in [0.3, 0.4) is 0 Å². The molecule has 0 radical (unpaired) electrons. The van der Waals surface area contributed by atoms with Gasteiger partial charge in [0.25, 0.3) is 0 Å². The quantitative estimate of drug-likeness (QED) is 0.677. The van der Waals surface area contributed by atoms with Crippen molar-refractivity contribution in [3.63, 3.8) is 0 Å². The first-order valence-electron chi connectivity index (χ1n) is 6.44. The summed E-state index contributed by atoms with van der Waals surface area (Å²) in [6.07, 6.45) is -1.07. The van der Waals surface area contributed by atoms with Crippen molar-refractivity contribution in [2.24, 2.45) is 5.73 Å². The molecule has 1 amide bonds. The molecule has 0 aromatic heterocycles. The van der Waals surface area contributed by atoms with Gasteiger partial charge in [-0.1, -0.05) is 6.07 Å². The van der Waals surface area contributed by atoms with Crippen LogP contribution in [0.5, 0.6) is 5.75 Å². The van der Waals surface area contributed by atoms with E-state index < -0.39 is 17.8 Å². The molecule has 0 aliphatic rings. The lowest BCUT2D eigenvalue weighted by atomic mass is 10.0. The Bertz CT molecular complexity index is 469. The number of aliphatic hydroxyl groups excluding tert-OH is 1. The van der Waals surface area contributed by atoms with Crippen molar-refractivity contribution in [1.29, 1.82) is 0 Å². The van der Waals surface area contributed by atoms with E-state index in [9.17, 15) is 15.0 Å². The monoisotopic (exact) mass is 282 g/mol. The number of phenolic OH excluding ortho intramolecular Hbond substituents is 1. The molecule has 0 saturated heterocycles. The zero-order valence-corrected chi connectivity index (χ0v) is 12.0. The second-order valence-corrected chi connectivity index (χ2v) is 5.49. The molecule has 0 aliphatic heterocycles. The first-order chi connectivity index (χ1) is 9.23. The van der Waals surface area contributed by atoms with E-state index in [0.717, 1.165) is 0 Å². The van der Waals surface area contributed by atoms with Gasteiger partial charge in [-0.25, -0.2) is 4.79 Å². The van der Waals surface area contributed by atoms with Crippen molar-refractivity contribution >= 4 is 11.8 Å². The molecule has 112 valence electrons. The summed E-state index contributed by atoms with van der Waals surface area (Å²) in [7, 11) is 0. The van der Waals surface area contributed by atoms with Crippen LogP contribution in [-0.4, -0.2) is 28.5 Å². The van der Waals surface area contributed by atoms with Crippen LogP contribution < -0.4 is 11.1 Å². The number of carbonyl (C=O) groups excluding carboxylic acids is 1. The van der Waals surface area contributed by atoms with E-state index in [1.807, 2.05) is 0 Å². The first kappa shape index (κ1) is 16.3. The topological polar surface area (TPSA) is 105 Å². The predicted octanol–water partition coefficient (Wildman–Crippen LogP) is 2.12. The Morgan fingerprint density at radius 2 is 2.10 bits per heavy atom. The van der Waals surface area contributed by atoms with Crippen LogP contribution in [0.25, 0.3) is 0 Å². The number of aliphatic hydroxyl groups is 1. The van der Waals surface area contributed by atoms with E-state index >= 15 is 0 Å². The second-order valence-electron chi connectivity index (χ2n) is 5.49. The molecule has 0 unspecified atom stereocenters. The molecule has 5 N–H and O–H groups in total. The van der Waals surface area contributed by atoms with Crippen molar-refractivity contribution in [2.45, 2.75) is 38.9 Å². The highest BCUT2D eigenvalue weighted by Crippen LogP contribution is 2.29. The highest BCUT2D eigenvalue weighted by Gasteiger charge is 2.17. The van der Waals surface area contributed by atoms with E-state index in [1.54, 1.807) is 32.9 Å². The Labute approximate surface area is 118 Å². The predicted molar refractivity (Wildman–Crippen MR) is 76.6 cm³/mol. The highest BCUT2D eigenvalue weighted by atomic mass is 16.6. The molecule has 0 aliphatic carbocycles. The van der Waals surface area contributed by atoms with Gasteiger partial charge in [-0.05, 0) is 39.8 Å². The minimum atomic E-state index is -0.824. The summed E-state index contributed by atoms with van der Waals surface area (Å²) in [6.45, 7) is 5.60. The average molecular weight is 282 g/mol. The number of phenols is 1. The molecule has 0 saturated carbocycles. The first-order valence-corrected chi connectivity index (χ1v) is 6.44. The number of rotatable bonds is 4. The minimum Gasteiger partial charge on any atom is -0.507 e. The summed E-state index contributed by atoms with van der Waals surface area (Å²) in [4.78, 5) is 11.6. The molecule has 0 spiro atoms. The van der Waals surface area contributed by atoms with Gasteiger partial charge >= 0.3 is 6.09 Å². The van der Waals surface area contributed by atoms with Gasteiger partial charge in [-0.15, -0.1) is 0 Å². The Hall–Kier alpha value is -1.79. The van der Waals surface area contributed by atoms with Gasteiger partial charge < -0.3 is 20.7 Å². The van der Waals surface area contributed by atoms with Gasteiger partial charge in [-0.2, -0.15) is 0 Å². The number of hydrogen-bond acceptors (Lipinski definition) is 5. The Kier molecular flexibility index (Phi) is 5.35. The number of carbonyl (C=O) groups is 1. The SMILES string of the molecule is CC(C)(C)OC(=O)Nc1ccc([C@H](O)CCN)c(O)c1. The fourth-order valence-corrected chi connectivity index (χ4v) is 1.64. The molecule has 1 aromatic carbocycles. The normalized spacial score (nSPS) is 12.8. The van der Waals surface area contributed by atoms with Gasteiger partial charge in [0.05, 0.1) is 6.10 Å². The van der Waals surface area contributed by atoms with Crippen molar-refractivity contribution in [1.82, 2.24) is 0 Å². The lowest BCUT2D eigenvalue weighted by Crippen LogP contribution is -2.27. The molecule has 0 fully saturated rings. The van der Waals surface area contributed by atoms with Crippen molar-refractivity contribution < 1.29 is 19.7 Å². The maximum absolute atomic E-state index is 11.6. The molecule has 6 nitrogen and oxygen atoms in total. The van der Waals surface area contributed by atoms with Crippen molar-refractivity contribution in [3.05, 3.63) is 23.8 Å². The number of nitrogens with two attached hydrogens (primary N) is 1. The number of amides is 1. The smallest absolute Gasteiger partial charge is 0.412 e. The molecule has 1 aromatic rings. The lowest BCUT2D eigenvalue weighted by Gasteiger charge is -2.20. The van der Waals surface area contributed by atoms with E-state index in [0.29, 0.717) is 24.2 Å². The summed E-state index contributed by atoms with van der Waals surface area (Å²) in [5, 5.41) is 22.1. The minimum absolute atomic E-state index is 0.0977. The Balaban J connectivity index is 2.75. The van der Waals surface area contributed by atoms with Crippen molar-refractivity contribution in [3.8, 4) is 5.75 Å². The van der Waals surface area contributed by atoms with Crippen LogP contribution in [-0.2, 0) is 4.74 Å². The zero-order valence-electron chi connectivity index (χ0n) is 12.0. The molecule has 20 heavy (non-hydrogen) atoms. The number of benzene rings is 1. The molecular weight excluding hydrogens is 260 g/mol. The van der Waals surface area contributed by atoms with Gasteiger partial charge in [-0.3, -0.25) is 5.32 Å². The molecule has 0 heterocycles. The third kappa shape index (κ3) is 5.07. The van der Waals surface area contributed by atoms with Crippen LogP contribution in [0, 0.1) is 0 Å². The highest BCUT2D eigenvalue weighted by molar-refractivity contribution is 5.85. The number of ether oxygens (including phenoxy) is 1. The Morgan fingerprint density at radius 3 is 2.60 bits per heavy atom. The third-order valence-corrected chi connectivity index (χ3v) is 2.47. The van der Waals surface area contributed by atoms with Gasteiger partial charge in [0, 0.05) is 17.3 Å². The van der Waals surface area contributed by atoms with E-state index in [-0.39, 0.29) is 5.75 Å². The molecule has 1 rings (SSSR count). The van der Waals surface area contributed by atoms with Gasteiger partial charge in [0.2, 0.25) is 0 Å². The summed E-state index contributed by atoms with van der Waals surface area (Å²) in [5.41, 5.74) is 5.53. The van der Waals surface area contributed by atoms with E-state index in [2.05, 4.69) is 5.32 Å². The maximum atomic E-state index is 11.6. The fourth-order valence-electron chi connectivity index (χ4n) is 1.64. The molecular formula is C14H22N2O4. The second kappa shape index (κ2) is 6.58. The third-order valence-electron chi connectivity index (χ3n) is 2.47. The number of hydrogen-bond donors (Lipinski definition) is 4. The molecule has 1 atom stereocenters. The maximum Gasteiger partial charge on any atom is 0.412 e. The number of nitrogens with one attached hydrogen (secondary N) is 1. The van der Waals surface area contributed by atoms with E-state index in [1.165, 1.54) is 6.07 Å². The summed E-state index contributed by atoms with van der Waals surface area (Å²) in [5.74, 6) is -0.0977. The Morgan fingerprint density at radius 1 is 1.45 bits per heavy atom. The van der Waals surface area contributed by atoms with Crippen molar-refractivity contribution in [2.75, 3.05) is 11.9 Å². The number of aromatic hydroxyl groups is 1. The molecule has 0 bridgehead atoms. The summed E-state index contributed by atoms with van der Waals surface area (Å²) in [6, 6.07) is 4.49. The van der Waals surface area contributed by atoms with Gasteiger partial charge in [0.1, 0.15) is 11.4 Å². The summed E-state index contributed by atoms with van der Waals surface area (Å²) < 4.78 is 5.10. The summed E-state index contributed by atoms with van der Waals surface area (Å²) >= 11 is 0. The largest absolute Gasteiger partial charge is 0.507 e. The van der Waals surface area contributed by atoms with Crippen LogP contribution in [0.4, 0.5) is 10.5 Å². The van der Waals surface area contributed by atoms with Gasteiger partial charge in [0.15, 0.2) is 0 Å². The van der Waals surface area contributed by atoms with Crippen LogP contribution in [0.15, 0.2) is 18.2 Å². The van der Waals surface area contributed by atoms with Crippen LogP contribution >= 0.6 is 0 Å². The van der Waals surface area contributed by atoms with Crippen LogP contribution in [0.2, 0.25) is 0 Å². The zero-order chi connectivity index (χ0) is 15.3. The lowest BCUT2D eigenvalue weighted by molar-refractivity contribution is 0.0636. The van der Waals surface area contributed by atoms with Crippen LogP contribution in [0.1, 0.15) is 38.9 Å². The fraction of sp³-hybridized carbons (Fsp3) is 0.500. The number of anilines is 1. The average Bonchev–Trinajstić information content (AvgIpc) is 2.26. The standard InChI is InChI=1S/C14H22N2O4/c1-14(2,3)20-13(19)16-9-4-5-10(12(18)8-9)11(17)6-7-15/h4-5,8,11,17-18H,6-7,15H2,1-3H3,(H,16,19)/t11-/m1/s1. The van der Waals surface area contributed by atoms with E-state index in [4.69, 9.17) is 10.5 Å². The molecule has 6 heteroatoms.